The molecule has 5 heteroatoms. The molecule has 2 nitrogen and oxygen atoms in total. The van der Waals surface area contributed by atoms with Gasteiger partial charge in [-0.25, -0.2) is 4.79 Å². The van der Waals surface area contributed by atoms with E-state index in [4.69, 9.17) is 5.11 Å². The third kappa shape index (κ3) is 9.58. The van der Waals surface area contributed by atoms with Gasteiger partial charge in [0.05, 0.1) is 11.1 Å². The highest BCUT2D eigenvalue weighted by atomic mass is 19.4. The van der Waals surface area contributed by atoms with Gasteiger partial charge in [-0.15, -0.1) is 0 Å². The first-order chi connectivity index (χ1) is 13.1. The molecule has 0 aliphatic heterocycles. The smallest absolute Gasteiger partial charge is 0.416 e. The standard InChI is InChI=1S/C14H19F3.C7H6O2.C2H6/c1-4-10(2)5-7-12-9-13(14(15,16)17)8-6-11(12)3;8-7(9)6-4-2-1-3-5-6;1-2/h6,8-10H,4-5,7H2,1-3H3;1-5H,(H,8,9);1-2H3. The van der Waals surface area contributed by atoms with Crippen LogP contribution in [0, 0.1) is 12.8 Å². The predicted molar refractivity (Wildman–Crippen MR) is 109 cm³/mol. The summed E-state index contributed by atoms with van der Waals surface area (Å²) in [6.07, 6.45) is -1.50. The van der Waals surface area contributed by atoms with Crippen LogP contribution in [-0.2, 0) is 12.6 Å². The fourth-order valence-corrected chi connectivity index (χ4v) is 2.30. The summed E-state index contributed by atoms with van der Waals surface area (Å²) in [6, 6.07) is 12.3. The van der Waals surface area contributed by atoms with E-state index in [0.717, 1.165) is 36.5 Å². The number of hydrogen-bond acceptors (Lipinski definition) is 1. The Morgan fingerprint density at radius 1 is 1.07 bits per heavy atom. The molecule has 0 saturated carbocycles. The SMILES string of the molecule is CC.CCC(C)CCc1cc(C(F)(F)F)ccc1C.O=C(O)c1ccccc1. The lowest BCUT2D eigenvalue weighted by Gasteiger charge is -2.13. The van der Waals surface area contributed by atoms with E-state index in [2.05, 4.69) is 13.8 Å². The van der Waals surface area contributed by atoms with Crippen molar-refractivity contribution in [3.8, 4) is 0 Å². The topological polar surface area (TPSA) is 37.3 Å². The van der Waals surface area contributed by atoms with Gasteiger partial charge >= 0.3 is 12.1 Å². The minimum atomic E-state index is -4.24. The number of aromatic carboxylic acids is 1. The maximum absolute atomic E-state index is 12.6. The Bertz CT molecular complexity index is 695. The van der Waals surface area contributed by atoms with E-state index < -0.39 is 17.7 Å². The number of carboxylic acids is 1. The quantitative estimate of drug-likeness (QED) is 0.571. The van der Waals surface area contributed by atoms with Gasteiger partial charge in [0, 0.05) is 0 Å². The molecule has 1 unspecified atom stereocenters. The summed E-state index contributed by atoms with van der Waals surface area (Å²) < 4.78 is 37.7. The Balaban J connectivity index is 0.000000556. The van der Waals surface area contributed by atoms with Crippen LogP contribution < -0.4 is 0 Å². The van der Waals surface area contributed by atoms with Gasteiger partial charge in [-0.2, -0.15) is 13.2 Å². The number of hydrogen-bond donors (Lipinski definition) is 1. The zero-order valence-electron chi connectivity index (χ0n) is 17.3. The summed E-state index contributed by atoms with van der Waals surface area (Å²) in [5.74, 6) is -0.320. The van der Waals surface area contributed by atoms with Crippen LogP contribution in [0.3, 0.4) is 0 Å². The molecule has 2 rings (SSSR count). The molecule has 0 aromatic heterocycles. The first kappa shape index (κ1) is 25.7. The molecule has 0 amide bonds. The Morgan fingerprint density at radius 3 is 2.07 bits per heavy atom. The number of benzene rings is 2. The van der Waals surface area contributed by atoms with E-state index >= 15 is 0 Å². The molecule has 0 heterocycles. The van der Waals surface area contributed by atoms with Gasteiger partial charge in [0.1, 0.15) is 0 Å². The van der Waals surface area contributed by atoms with Crippen molar-refractivity contribution in [2.45, 2.75) is 60.1 Å². The van der Waals surface area contributed by atoms with Crippen molar-refractivity contribution < 1.29 is 23.1 Å². The number of halogens is 3. The van der Waals surface area contributed by atoms with Gasteiger partial charge < -0.3 is 5.11 Å². The molecule has 156 valence electrons. The molecular formula is C23H31F3O2. The molecule has 0 radical (unpaired) electrons. The van der Waals surface area contributed by atoms with Crippen molar-refractivity contribution in [1.29, 1.82) is 0 Å². The lowest BCUT2D eigenvalue weighted by Crippen LogP contribution is -2.06. The second-order valence-corrected chi connectivity index (χ2v) is 6.36. The van der Waals surface area contributed by atoms with Gasteiger partial charge in [-0.05, 0) is 61.1 Å². The molecule has 0 bridgehead atoms. The van der Waals surface area contributed by atoms with Gasteiger partial charge in [-0.3, -0.25) is 0 Å². The first-order valence-electron chi connectivity index (χ1n) is 9.60. The summed E-state index contributed by atoms with van der Waals surface area (Å²) in [7, 11) is 0. The second-order valence-electron chi connectivity index (χ2n) is 6.36. The summed E-state index contributed by atoms with van der Waals surface area (Å²) in [5, 5.41) is 8.38. The highest BCUT2D eigenvalue weighted by Crippen LogP contribution is 2.31. The molecule has 2 aromatic rings. The highest BCUT2D eigenvalue weighted by molar-refractivity contribution is 5.87. The van der Waals surface area contributed by atoms with E-state index in [-0.39, 0.29) is 0 Å². The maximum atomic E-state index is 12.6. The van der Waals surface area contributed by atoms with E-state index in [9.17, 15) is 18.0 Å². The van der Waals surface area contributed by atoms with Crippen LogP contribution in [0.2, 0.25) is 0 Å². The zero-order chi connectivity index (χ0) is 21.7. The summed E-state index contributed by atoms with van der Waals surface area (Å²) in [5.41, 5.74) is 1.56. The molecule has 1 atom stereocenters. The Hall–Kier alpha value is -2.30. The average molecular weight is 396 g/mol. The van der Waals surface area contributed by atoms with Gasteiger partial charge in [0.2, 0.25) is 0 Å². The fourth-order valence-electron chi connectivity index (χ4n) is 2.30. The largest absolute Gasteiger partial charge is 0.478 e. The molecule has 0 aliphatic rings. The fraction of sp³-hybridized carbons (Fsp3) is 0.435. The van der Waals surface area contributed by atoms with E-state index in [1.165, 1.54) is 6.07 Å². The number of carboxylic acid groups (broad SMARTS) is 1. The summed E-state index contributed by atoms with van der Waals surface area (Å²) in [6.45, 7) is 10.1. The molecule has 0 fully saturated rings. The predicted octanol–water partition coefficient (Wildman–Crippen LogP) is 7.40. The van der Waals surface area contributed by atoms with Crippen LogP contribution in [-0.4, -0.2) is 11.1 Å². The Kier molecular flexibility index (Phi) is 11.9. The number of alkyl halides is 3. The Morgan fingerprint density at radius 2 is 1.64 bits per heavy atom. The van der Waals surface area contributed by atoms with Gasteiger partial charge in [0.25, 0.3) is 0 Å². The zero-order valence-corrected chi connectivity index (χ0v) is 17.3. The van der Waals surface area contributed by atoms with Gasteiger partial charge in [0.15, 0.2) is 0 Å². The van der Waals surface area contributed by atoms with Gasteiger partial charge in [-0.1, -0.05) is 58.4 Å². The van der Waals surface area contributed by atoms with Crippen LogP contribution >= 0.6 is 0 Å². The van der Waals surface area contributed by atoms with Crippen LogP contribution in [0.15, 0.2) is 48.5 Å². The minimum absolute atomic E-state index is 0.331. The monoisotopic (exact) mass is 396 g/mol. The molecular weight excluding hydrogens is 365 g/mol. The van der Waals surface area contributed by atoms with Crippen molar-refractivity contribution in [1.82, 2.24) is 0 Å². The van der Waals surface area contributed by atoms with Crippen LogP contribution in [0.1, 0.15) is 67.6 Å². The van der Waals surface area contributed by atoms with Crippen molar-refractivity contribution in [3.05, 3.63) is 70.8 Å². The maximum Gasteiger partial charge on any atom is 0.416 e. The molecule has 0 spiro atoms. The normalized spacial score (nSPS) is 11.4. The van der Waals surface area contributed by atoms with Crippen molar-refractivity contribution in [2.75, 3.05) is 0 Å². The molecule has 0 saturated heterocycles. The lowest BCUT2D eigenvalue weighted by atomic mass is 9.95. The second kappa shape index (κ2) is 13.0. The Labute approximate surface area is 166 Å². The molecule has 28 heavy (non-hydrogen) atoms. The van der Waals surface area contributed by atoms with Crippen molar-refractivity contribution >= 4 is 5.97 Å². The van der Waals surface area contributed by atoms with Crippen LogP contribution in [0.25, 0.3) is 0 Å². The minimum Gasteiger partial charge on any atom is -0.478 e. The number of aryl methyl sites for hydroxylation is 2. The van der Waals surface area contributed by atoms with E-state index in [1.54, 1.807) is 36.4 Å². The lowest BCUT2D eigenvalue weighted by molar-refractivity contribution is -0.137. The third-order valence-electron chi connectivity index (χ3n) is 4.30. The molecule has 2 aromatic carbocycles. The number of carbonyl (C=O) groups is 1. The van der Waals surface area contributed by atoms with Crippen molar-refractivity contribution in [2.24, 2.45) is 5.92 Å². The summed E-state index contributed by atoms with van der Waals surface area (Å²) >= 11 is 0. The van der Waals surface area contributed by atoms with Crippen LogP contribution in [0.5, 0.6) is 0 Å². The third-order valence-corrected chi connectivity index (χ3v) is 4.30. The van der Waals surface area contributed by atoms with Crippen molar-refractivity contribution in [3.63, 3.8) is 0 Å². The molecule has 1 N–H and O–H groups in total. The van der Waals surface area contributed by atoms with E-state index in [1.807, 2.05) is 20.8 Å². The molecule has 0 aliphatic carbocycles. The highest BCUT2D eigenvalue weighted by Gasteiger charge is 2.30. The summed E-state index contributed by atoms with van der Waals surface area (Å²) in [4.78, 5) is 10.2. The van der Waals surface area contributed by atoms with Crippen LogP contribution in [0.4, 0.5) is 13.2 Å². The number of rotatable bonds is 5. The van der Waals surface area contributed by atoms with E-state index in [0.29, 0.717) is 11.5 Å². The first-order valence-corrected chi connectivity index (χ1v) is 9.60. The average Bonchev–Trinajstić information content (AvgIpc) is 2.69.